The number of pyridine rings is 2. The summed E-state index contributed by atoms with van der Waals surface area (Å²) in [5, 5.41) is 12.4. The van der Waals surface area contributed by atoms with Crippen LogP contribution in [0.2, 0.25) is 0 Å². The molecule has 0 aliphatic rings. The third-order valence-electron chi connectivity index (χ3n) is 12.0. The number of halogens is 6. The number of hydrogen-bond donors (Lipinski definition) is 4. The summed E-state index contributed by atoms with van der Waals surface area (Å²) in [6, 6.07) is 39.7. The first-order chi connectivity index (χ1) is 34.4. The van der Waals surface area contributed by atoms with Gasteiger partial charge in [0.15, 0.2) is 0 Å². The molecule has 389 valence electrons. The minimum absolute atomic E-state index is 0. The molecule has 4 N–H and O–H groups in total. The molecule has 1 atom stereocenters. The summed E-state index contributed by atoms with van der Waals surface area (Å²) >= 11 is 1.78. The molecule has 2 heterocycles. The monoisotopic (exact) mass is 1080 g/mol. The molecule has 74 heavy (non-hydrogen) atoms. The second-order valence-electron chi connectivity index (χ2n) is 17.5. The largest absolute Gasteiger partial charge is 0.416 e. The van der Waals surface area contributed by atoms with Crippen LogP contribution in [0.3, 0.4) is 0 Å². The number of amides is 4. The SMILES string of the molecule is [CH2-]C[C@H](CCSC)N(Cc1ccc2cc(-c3ccccc3NC(=O)Nc3cc(C)cc(C)c3)ccc2n1)Cc1ccc2cc(-c3ccccc3NC(=O)Nc3cc(C(F)(F)F)cc(C(F)(F)F)c3)ccc2n1.[CH3-].[Cu]. The Morgan fingerprint density at radius 2 is 1.04 bits per heavy atom. The number of anilines is 4. The molecule has 8 aromatic rings. The number of aryl methyl sites for hydroxylation is 2. The van der Waals surface area contributed by atoms with Crippen LogP contribution >= 0.6 is 11.8 Å². The van der Waals surface area contributed by atoms with Gasteiger partial charge in [0.25, 0.3) is 0 Å². The Hall–Kier alpha value is -6.91. The summed E-state index contributed by atoms with van der Waals surface area (Å²) in [5.74, 6) is 0.949. The van der Waals surface area contributed by atoms with Crippen molar-refractivity contribution in [3.8, 4) is 22.3 Å². The van der Waals surface area contributed by atoms with Gasteiger partial charge in [-0.2, -0.15) is 44.5 Å². The van der Waals surface area contributed by atoms with Crippen molar-refractivity contribution >= 4 is 68.4 Å². The molecule has 0 aliphatic heterocycles. The van der Waals surface area contributed by atoms with Gasteiger partial charge in [-0.3, -0.25) is 14.9 Å². The topological polar surface area (TPSA) is 111 Å². The van der Waals surface area contributed by atoms with Gasteiger partial charge in [0.2, 0.25) is 0 Å². The molecule has 0 spiro atoms. The van der Waals surface area contributed by atoms with E-state index in [2.05, 4.69) is 57.5 Å². The van der Waals surface area contributed by atoms with Crippen molar-refractivity contribution in [2.75, 3.05) is 33.3 Å². The Balaban J connectivity index is 0.00000446. The average Bonchev–Trinajstić information content (AvgIpc) is 3.33. The summed E-state index contributed by atoms with van der Waals surface area (Å²) < 4.78 is 80.8. The summed E-state index contributed by atoms with van der Waals surface area (Å²) in [7, 11) is 0. The molecular formula is C57H53CuF6N7O2S-2. The number of nitrogens with one attached hydrogen (secondary N) is 4. The van der Waals surface area contributed by atoms with Gasteiger partial charge in [-0.1, -0.05) is 66.7 Å². The predicted octanol–water partition coefficient (Wildman–Crippen LogP) is 15.9. The minimum atomic E-state index is -5.07. The Morgan fingerprint density at radius 1 is 0.595 bits per heavy atom. The molecule has 17 heteroatoms. The quantitative estimate of drug-likeness (QED) is 0.0462. The number of carbonyl (C=O) groups is 2. The van der Waals surface area contributed by atoms with E-state index in [0.29, 0.717) is 48.5 Å². The first-order valence-corrected chi connectivity index (χ1v) is 24.4. The van der Waals surface area contributed by atoms with Gasteiger partial charge in [-0.25, -0.2) is 9.59 Å². The molecular weight excluding hydrogens is 1020 g/mol. The number of carbonyl (C=O) groups excluding carboxylic acids is 2. The zero-order valence-corrected chi connectivity index (χ0v) is 42.6. The van der Waals surface area contributed by atoms with Crippen LogP contribution in [-0.4, -0.2) is 45.0 Å². The first kappa shape index (κ1) is 56.4. The summed E-state index contributed by atoms with van der Waals surface area (Å²) in [5.41, 5.74) is 6.34. The number of aromatic nitrogens is 2. The standard InChI is InChI=1S/C56H50F6N7O2S.CH3.Cu/c1-5-46(22-23-72-4)69(32-42-18-14-38-27-36(16-20-49(38)63-42)47-10-6-8-12-51(47)67-53(70)65-44-25-34(2)24-35(3)26-44)33-43-19-15-39-28-37(17-21-50(39)64-43)48-11-7-9-13-52(48)68-54(71)66-45-30-40(55(57,58)59)29-41(31-45)56(60,61)62;;/h6-21,24-31,46H,1,5,22-23,32-33H2,2-4H3,(H2,65,67,70)(H2,66,68,71);1H3;/q2*-1;/t46-;;/m1../s1. The fraction of sp³-hybridized carbons (Fsp3) is 0.193. The van der Waals surface area contributed by atoms with Crippen LogP contribution in [0.1, 0.15) is 46.5 Å². The second-order valence-corrected chi connectivity index (χ2v) is 18.5. The van der Waals surface area contributed by atoms with Gasteiger partial charge >= 0.3 is 24.4 Å². The number of benzene rings is 6. The van der Waals surface area contributed by atoms with Crippen molar-refractivity contribution in [1.29, 1.82) is 0 Å². The van der Waals surface area contributed by atoms with Crippen LogP contribution in [0, 0.1) is 28.2 Å². The average molecular weight is 1080 g/mol. The van der Waals surface area contributed by atoms with Crippen molar-refractivity contribution in [1.82, 2.24) is 14.9 Å². The van der Waals surface area contributed by atoms with Crippen molar-refractivity contribution < 1.29 is 53.0 Å². The van der Waals surface area contributed by atoms with E-state index in [9.17, 15) is 35.9 Å². The van der Waals surface area contributed by atoms with Gasteiger partial charge in [0.1, 0.15) is 0 Å². The van der Waals surface area contributed by atoms with E-state index in [1.165, 1.54) is 0 Å². The maximum absolute atomic E-state index is 13.5. The van der Waals surface area contributed by atoms with E-state index in [-0.39, 0.29) is 48.3 Å². The zero-order valence-electron chi connectivity index (χ0n) is 40.8. The van der Waals surface area contributed by atoms with E-state index in [0.717, 1.165) is 73.3 Å². The molecule has 4 amide bonds. The molecule has 0 saturated heterocycles. The number of nitrogens with zero attached hydrogens (tertiary/aromatic N) is 3. The molecule has 6 aromatic carbocycles. The number of rotatable bonds is 15. The van der Waals surface area contributed by atoms with Crippen LogP contribution in [0.5, 0.6) is 0 Å². The molecule has 0 saturated carbocycles. The van der Waals surface area contributed by atoms with Gasteiger partial charge < -0.3 is 35.6 Å². The zero-order chi connectivity index (χ0) is 51.2. The minimum Gasteiger partial charge on any atom is -0.358 e. The molecule has 0 unspecified atom stereocenters. The Kier molecular flexibility index (Phi) is 18.6. The maximum Gasteiger partial charge on any atom is 0.416 e. The molecule has 1 radical (unpaired) electrons. The van der Waals surface area contributed by atoms with Crippen LogP contribution < -0.4 is 21.3 Å². The van der Waals surface area contributed by atoms with E-state index in [1.54, 1.807) is 36.0 Å². The number of thioether (sulfide) groups is 1. The Labute approximate surface area is 441 Å². The van der Waals surface area contributed by atoms with Crippen molar-refractivity contribution in [3.05, 3.63) is 194 Å². The summed E-state index contributed by atoms with van der Waals surface area (Å²) in [6.07, 6.45) is -6.48. The van der Waals surface area contributed by atoms with Gasteiger partial charge in [-0.15, -0.1) is 0 Å². The summed E-state index contributed by atoms with van der Waals surface area (Å²) in [4.78, 5) is 38.7. The molecule has 8 rings (SSSR count). The molecule has 0 fully saturated rings. The van der Waals surface area contributed by atoms with Crippen LogP contribution in [0.4, 0.5) is 58.7 Å². The maximum atomic E-state index is 13.5. The molecule has 9 nitrogen and oxygen atoms in total. The Bertz CT molecular complexity index is 3230. The fourth-order valence-corrected chi connectivity index (χ4v) is 9.18. The van der Waals surface area contributed by atoms with E-state index < -0.39 is 35.2 Å². The smallest absolute Gasteiger partial charge is 0.358 e. The van der Waals surface area contributed by atoms with Gasteiger partial charge in [-0.05, 0) is 139 Å². The van der Waals surface area contributed by atoms with Crippen LogP contribution in [-0.2, 0) is 42.5 Å². The normalized spacial score (nSPS) is 11.9. The summed E-state index contributed by atoms with van der Waals surface area (Å²) in [6.45, 7) is 9.35. The van der Waals surface area contributed by atoms with E-state index in [4.69, 9.17) is 9.97 Å². The predicted molar refractivity (Wildman–Crippen MR) is 284 cm³/mol. The van der Waals surface area contributed by atoms with E-state index in [1.807, 2.05) is 98.8 Å². The van der Waals surface area contributed by atoms with Gasteiger partial charge in [0, 0.05) is 63.4 Å². The van der Waals surface area contributed by atoms with E-state index >= 15 is 0 Å². The van der Waals surface area contributed by atoms with Crippen LogP contribution in [0.15, 0.2) is 146 Å². The van der Waals surface area contributed by atoms with Crippen molar-refractivity contribution in [3.63, 3.8) is 0 Å². The molecule has 0 bridgehead atoms. The number of fused-ring (bicyclic) bond motifs is 2. The van der Waals surface area contributed by atoms with Gasteiger partial charge in [0.05, 0.1) is 44.9 Å². The Morgan fingerprint density at radius 3 is 1.47 bits per heavy atom. The molecule has 2 aromatic heterocycles. The second kappa shape index (κ2) is 24.4. The molecule has 0 aliphatic carbocycles. The number of alkyl halides is 6. The third-order valence-corrected chi connectivity index (χ3v) is 12.7. The van der Waals surface area contributed by atoms with Crippen molar-refractivity contribution in [2.24, 2.45) is 0 Å². The number of para-hydroxylation sites is 2. The van der Waals surface area contributed by atoms with Crippen LogP contribution in [0.25, 0.3) is 44.1 Å². The van der Waals surface area contributed by atoms with Crippen molar-refractivity contribution in [2.45, 2.75) is 58.2 Å². The third kappa shape index (κ3) is 14.2. The fourth-order valence-electron chi connectivity index (χ4n) is 8.67. The first-order valence-electron chi connectivity index (χ1n) is 23.0. The number of urea groups is 2. The number of hydrogen-bond acceptors (Lipinski definition) is 6.